The molecule has 4 nitrogen and oxygen atoms in total. The van der Waals surface area contributed by atoms with Crippen LogP contribution in [0.5, 0.6) is 0 Å². The Morgan fingerprint density at radius 3 is 3.50 bits per heavy atom. The Bertz CT molecular complexity index is 375. The summed E-state index contributed by atoms with van der Waals surface area (Å²) in [6.45, 7) is 0. The third kappa shape index (κ3) is 0.775. The highest BCUT2D eigenvalue weighted by atomic mass is 32.1. The zero-order chi connectivity index (χ0) is 6.81. The van der Waals surface area contributed by atoms with Crippen molar-refractivity contribution in [2.24, 2.45) is 9.98 Å². The number of hydrogen-bond acceptors (Lipinski definition) is 5. The van der Waals surface area contributed by atoms with Crippen LogP contribution in [0, 0.1) is 0 Å². The third-order valence-corrected chi connectivity index (χ3v) is 1.65. The molecule has 0 saturated carbocycles. The van der Waals surface area contributed by atoms with Crippen LogP contribution >= 0.6 is 11.5 Å². The summed E-state index contributed by atoms with van der Waals surface area (Å²) < 4.78 is 4.49. The van der Waals surface area contributed by atoms with Gasteiger partial charge in [-0.05, 0) is 0 Å². The monoisotopic (exact) mass is 150 g/mol. The highest BCUT2D eigenvalue weighted by molar-refractivity contribution is 7.02. The Morgan fingerprint density at radius 2 is 2.50 bits per heavy atom. The van der Waals surface area contributed by atoms with Crippen molar-refractivity contribution in [3.63, 3.8) is 0 Å². The minimum Gasteiger partial charge on any atom is -0.232 e. The number of hydrogen-bond donors (Lipinski definition) is 0. The van der Waals surface area contributed by atoms with E-state index in [4.69, 9.17) is 0 Å². The highest BCUT2D eigenvalue weighted by Gasteiger charge is 1.90. The molecule has 0 aromatic carbocycles. The van der Waals surface area contributed by atoms with Gasteiger partial charge in [0, 0.05) is 17.4 Å². The fraction of sp³-hybridized carbons (Fsp3) is 0. The third-order valence-electron chi connectivity index (χ3n) is 0.996. The van der Waals surface area contributed by atoms with Crippen LogP contribution in [0.15, 0.2) is 16.2 Å². The predicted octanol–water partition coefficient (Wildman–Crippen LogP) is -0.907. The molecule has 0 atom stereocenters. The Labute approximate surface area is 60.1 Å². The lowest BCUT2D eigenvalue weighted by Crippen LogP contribution is -2.19. The standard InChI is InChI=1S/C5H2N4S/c1-2-7-5-4(3-6-1)8-9-10-5/h2-3H. The predicted molar refractivity (Wildman–Crippen MR) is 37.2 cm³/mol. The van der Waals surface area contributed by atoms with Gasteiger partial charge in [-0.15, -0.1) is 5.10 Å². The second-order valence-corrected chi connectivity index (χ2v) is 2.34. The number of aliphatic imine (C=N–C) groups is 1. The van der Waals surface area contributed by atoms with E-state index in [1.807, 2.05) is 0 Å². The van der Waals surface area contributed by atoms with E-state index in [9.17, 15) is 0 Å². The normalized spacial score (nSPS) is 13.2. The Balaban J connectivity index is 2.94. The fourth-order valence-corrected chi connectivity index (χ4v) is 1.08. The van der Waals surface area contributed by atoms with Crippen molar-refractivity contribution in [2.75, 3.05) is 0 Å². The molecule has 5 heteroatoms. The lowest BCUT2D eigenvalue weighted by Gasteiger charge is -1.64. The summed E-state index contributed by atoms with van der Waals surface area (Å²) in [5.74, 6) is 2.60. The molecule has 1 aliphatic rings. The van der Waals surface area contributed by atoms with Crippen LogP contribution < -0.4 is 10.0 Å². The molecule has 0 saturated heterocycles. The largest absolute Gasteiger partial charge is 0.232 e. The first-order valence-electron chi connectivity index (χ1n) is 2.60. The highest BCUT2D eigenvalue weighted by Crippen LogP contribution is 1.74. The van der Waals surface area contributed by atoms with Crippen LogP contribution in [0.25, 0.3) is 6.20 Å². The molecule has 0 N–H and O–H groups in total. The minimum absolute atomic E-state index is 0.714. The average Bonchev–Trinajstić information content (AvgIpc) is 2.28. The molecule has 0 amide bonds. The number of fused-ring (bicyclic) bond motifs is 1. The summed E-state index contributed by atoms with van der Waals surface area (Å²) in [5.41, 5.74) is 0. The van der Waals surface area contributed by atoms with E-state index in [1.54, 1.807) is 6.20 Å². The number of aromatic nitrogens is 2. The molecule has 2 rings (SSSR count). The quantitative estimate of drug-likeness (QED) is 0.481. The van der Waals surface area contributed by atoms with Gasteiger partial charge >= 0.3 is 0 Å². The Hall–Kier alpha value is -1.32. The van der Waals surface area contributed by atoms with Crippen molar-refractivity contribution >= 4 is 23.6 Å². The van der Waals surface area contributed by atoms with E-state index >= 15 is 0 Å². The van der Waals surface area contributed by atoms with E-state index < -0.39 is 0 Å². The summed E-state index contributed by atoms with van der Waals surface area (Å²) >= 11 is 1.25. The average molecular weight is 150 g/mol. The van der Waals surface area contributed by atoms with Crippen molar-refractivity contribution < 1.29 is 0 Å². The van der Waals surface area contributed by atoms with Gasteiger partial charge in [-0.3, -0.25) is 0 Å². The SMILES string of the molecule is C1=CN=c2snnc2=CN=1. The van der Waals surface area contributed by atoms with E-state index in [0.29, 0.717) is 5.35 Å². The zero-order valence-electron chi connectivity index (χ0n) is 4.85. The topological polar surface area (TPSA) is 50.5 Å². The van der Waals surface area contributed by atoms with Gasteiger partial charge in [0.15, 0.2) is 4.67 Å². The minimum atomic E-state index is 0.714. The second-order valence-electron chi connectivity index (χ2n) is 1.61. The molecule has 0 spiro atoms. The number of nitrogens with zero attached hydrogens (tertiary/aromatic N) is 4. The van der Waals surface area contributed by atoms with Crippen LogP contribution in [0.2, 0.25) is 0 Å². The van der Waals surface area contributed by atoms with Gasteiger partial charge in [-0.2, -0.15) is 0 Å². The van der Waals surface area contributed by atoms with Gasteiger partial charge in [0.05, 0.1) is 12.4 Å². The molecule has 0 bridgehead atoms. The first-order chi connectivity index (χ1) is 4.97. The summed E-state index contributed by atoms with van der Waals surface area (Å²) in [7, 11) is 0. The molecule has 1 aromatic rings. The second kappa shape index (κ2) is 2.13. The first-order valence-corrected chi connectivity index (χ1v) is 3.37. The molecule has 10 heavy (non-hydrogen) atoms. The Kier molecular flexibility index (Phi) is 1.16. The van der Waals surface area contributed by atoms with Gasteiger partial charge in [-0.25, -0.2) is 9.98 Å². The molecule has 1 aliphatic heterocycles. The first kappa shape index (κ1) is 5.46. The van der Waals surface area contributed by atoms with Crippen LogP contribution in [0.3, 0.4) is 0 Å². The van der Waals surface area contributed by atoms with Crippen molar-refractivity contribution in [2.45, 2.75) is 0 Å². The maximum atomic E-state index is 3.98. The zero-order valence-corrected chi connectivity index (χ0v) is 5.67. The van der Waals surface area contributed by atoms with Gasteiger partial charge in [0.1, 0.15) is 5.35 Å². The van der Waals surface area contributed by atoms with Crippen LogP contribution in [0.4, 0.5) is 0 Å². The van der Waals surface area contributed by atoms with E-state index in [-0.39, 0.29) is 0 Å². The van der Waals surface area contributed by atoms with E-state index in [0.717, 1.165) is 4.67 Å². The summed E-state index contributed by atoms with van der Waals surface area (Å²) in [6.07, 6.45) is 3.09. The molecule has 48 valence electrons. The van der Waals surface area contributed by atoms with Crippen LogP contribution in [0.1, 0.15) is 0 Å². The van der Waals surface area contributed by atoms with Crippen molar-refractivity contribution in [3.8, 4) is 0 Å². The summed E-state index contributed by atoms with van der Waals surface area (Å²) in [4.78, 5) is 7.74. The summed E-state index contributed by atoms with van der Waals surface area (Å²) in [5, 5.41) is 4.50. The van der Waals surface area contributed by atoms with Gasteiger partial charge in [-0.1, -0.05) is 4.49 Å². The summed E-state index contributed by atoms with van der Waals surface area (Å²) in [6, 6.07) is 0. The molecule has 0 unspecified atom stereocenters. The van der Waals surface area contributed by atoms with Gasteiger partial charge in [0.25, 0.3) is 0 Å². The molecule has 2 heterocycles. The molecule has 0 fully saturated rings. The van der Waals surface area contributed by atoms with Crippen molar-refractivity contribution in [1.82, 2.24) is 9.59 Å². The lowest BCUT2D eigenvalue weighted by molar-refractivity contribution is 1.10. The molecule has 1 aromatic heterocycles. The molecule has 0 aliphatic carbocycles. The van der Waals surface area contributed by atoms with E-state index in [1.165, 1.54) is 17.7 Å². The van der Waals surface area contributed by atoms with Gasteiger partial charge < -0.3 is 0 Å². The smallest absolute Gasteiger partial charge is 0.166 e. The number of rotatable bonds is 0. The maximum absolute atomic E-state index is 3.98. The Morgan fingerprint density at radius 1 is 1.50 bits per heavy atom. The van der Waals surface area contributed by atoms with Gasteiger partial charge in [0.2, 0.25) is 0 Å². The lowest BCUT2D eigenvalue weighted by atomic mass is 10.7. The maximum Gasteiger partial charge on any atom is 0.166 e. The van der Waals surface area contributed by atoms with E-state index in [2.05, 4.69) is 25.4 Å². The molecular weight excluding hydrogens is 148 g/mol. The molecular formula is C5H2N4S. The van der Waals surface area contributed by atoms with Crippen LogP contribution in [-0.2, 0) is 0 Å². The van der Waals surface area contributed by atoms with Crippen molar-refractivity contribution in [3.05, 3.63) is 16.2 Å². The fourth-order valence-electron chi connectivity index (χ4n) is 0.583. The van der Waals surface area contributed by atoms with Crippen molar-refractivity contribution in [1.29, 1.82) is 0 Å². The molecule has 0 radical (unpaired) electrons. The van der Waals surface area contributed by atoms with Crippen LogP contribution in [-0.4, -0.2) is 15.5 Å².